The van der Waals surface area contributed by atoms with Gasteiger partial charge in [0.2, 0.25) is 11.8 Å². The van der Waals surface area contributed by atoms with Crippen LogP contribution in [0.2, 0.25) is 0 Å². The van der Waals surface area contributed by atoms with Gasteiger partial charge in [-0.1, -0.05) is 24.3 Å². The van der Waals surface area contributed by atoms with Crippen molar-refractivity contribution in [2.24, 2.45) is 0 Å². The number of likely N-dealkylation sites (tertiary alicyclic amines) is 1. The number of anilines is 1. The summed E-state index contributed by atoms with van der Waals surface area (Å²) in [5.41, 5.74) is -0.947. The Labute approximate surface area is 263 Å². The zero-order chi connectivity index (χ0) is 31.6. The molecular weight excluding hydrogens is 592 g/mol. The molecule has 0 spiro atoms. The molecule has 2 fully saturated rings. The van der Waals surface area contributed by atoms with Crippen molar-refractivity contribution in [3.8, 4) is 11.9 Å². The summed E-state index contributed by atoms with van der Waals surface area (Å²) >= 11 is 0. The van der Waals surface area contributed by atoms with Crippen molar-refractivity contribution in [3.05, 3.63) is 83.6 Å². The second kappa shape index (κ2) is 12.6. The molecule has 0 aliphatic carbocycles. The summed E-state index contributed by atoms with van der Waals surface area (Å²) in [6.07, 6.45) is 2.80. The number of piperazine rings is 1. The zero-order valence-corrected chi connectivity index (χ0v) is 26.0. The van der Waals surface area contributed by atoms with Gasteiger partial charge in [-0.25, -0.2) is 17.7 Å². The van der Waals surface area contributed by atoms with Crippen molar-refractivity contribution in [2.45, 2.75) is 42.5 Å². The van der Waals surface area contributed by atoms with Crippen LogP contribution in [0.3, 0.4) is 0 Å². The Morgan fingerprint density at radius 1 is 1.04 bits per heavy atom. The summed E-state index contributed by atoms with van der Waals surface area (Å²) in [6.45, 7) is 6.91. The molecule has 12 heteroatoms. The summed E-state index contributed by atoms with van der Waals surface area (Å²) in [7, 11) is -4.40. The Kier molecular flexibility index (Phi) is 8.59. The third-order valence-electron chi connectivity index (χ3n) is 9.05. The number of carbonyl (C=O) groups is 2. The highest BCUT2D eigenvalue weighted by atomic mass is 32.2. The average Bonchev–Trinajstić information content (AvgIpc) is 3.33. The van der Waals surface area contributed by atoms with Gasteiger partial charge in [0.1, 0.15) is 5.41 Å². The van der Waals surface area contributed by atoms with Crippen LogP contribution in [0.1, 0.15) is 42.9 Å². The van der Waals surface area contributed by atoms with Gasteiger partial charge in [0.15, 0.2) is 0 Å². The molecule has 0 bridgehead atoms. The van der Waals surface area contributed by atoms with Gasteiger partial charge >= 0.3 is 0 Å². The smallest absolute Gasteiger partial charge is 0.270 e. The number of amides is 2. The van der Waals surface area contributed by atoms with Gasteiger partial charge in [-0.15, -0.1) is 0 Å². The number of carbonyl (C=O) groups excluding carboxylic acids is 2. The number of rotatable bonds is 8. The van der Waals surface area contributed by atoms with Crippen LogP contribution >= 0.6 is 0 Å². The Hall–Kier alpha value is -4.31. The number of ether oxygens (including phenoxy) is 1. The van der Waals surface area contributed by atoms with E-state index in [2.05, 4.69) is 21.3 Å². The monoisotopic (exact) mass is 628 g/mol. The molecule has 2 aromatic carbocycles. The fourth-order valence-electron chi connectivity index (χ4n) is 6.82. The highest BCUT2D eigenvalue weighted by Crippen LogP contribution is 2.52. The van der Waals surface area contributed by atoms with E-state index in [4.69, 9.17) is 4.74 Å². The number of aromatic nitrogens is 1. The molecule has 11 nitrogen and oxygen atoms in total. The molecule has 6 rings (SSSR count). The predicted molar refractivity (Wildman–Crippen MR) is 167 cm³/mol. The maximum absolute atomic E-state index is 14.9. The van der Waals surface area contributed by atoms with Crippen LogP contribution < -0.4 is 14.4 Å². The number of benzene rings is 2. The van der Waals surface area contributed by atoms with Gasteiger partial charge in [0, 0.05) is 63.5 Å². The van der Waals surface area contributed by atoms with Crippen LogP contribution in [0, 0.1) is 11.3 Å². The first-order valence-electron chi connectivity index (χ1n) is 15.3. The minimum absolute atomic E-state index is 0.0676. The van der Waals surface area contributed by atoms with E-state index in [-0.39, 0.29) is 52.1 Å². The second-order valence-electron chi connectivity index (χ2n) is 11.5. The Balaban J connectivity index is 1.45. The van der Waals surface area contributed by atoms with Crippen LogP contribution in [-0.4, -0.2) is 86.9 Å². The number of nitrogens with one attached hydrogen (secondary N) is 1. The van der Waals surface area contributed by atoms with Crippen molar-refractivity contribution >= 4 is 27.5 Å². The summed E-state index contributed by atoms with van der Waals surface area (Å²) in [5.74, 6) is -0.957. The molecule has 2 amide bonds. The number of hydrogen-bond donors (Lipinski definition) is 1. The van der Waals surface area contributed by atoms with Crippen molar-refractivity contribution in [1.82, 2.24) is 20.1 Å². The summed E-state index contributed by atoms with van der Waals surface area (Å²) in [4.78, 5) is 37.8. The third-order valence-corrected chi connectivity index (χ3v) is 10.8. The summed E-state index contributed by atoms with van der Waals surface area (Å²) in [5, 5.41) is 13.2. The Morgan fingerprint density at radius 2 is 1.78 bits per heavy atom. The minimum Gasteiger partial charge on any atom is -0.478 e. The number of sulfonamides is 1. The van der Waals surface area contributed by atoms with Gasteiger partial charge in [-0.3, -0.25) is 14.5 Å². The van der Waals surface area contributed by atoms with Gasteiger partial charge in [0.05, 0.1) is 28.8 Å². The van der Waals surface area contributed by atoms with E-state index in [1.54, 1.807) is 42.2 Å². The molecular formula is C33H36N6O5S. The minimum atomic E-state index is -4.40. The molecule has 3 aliphatic heterocycles. The number of nitrogens with zero attached hydrogens (tertiary/aromatic N) is 5. The topological polar surface area (TPSA) is 136 Å². The molecule has 45 heavy (non-hydrogen) atoms. The molecule has 0 saturated carbocycles. The van der Waals surface area contributed by atoms with Crippen LogP contribution in [0.5, 0.6) is 5.88 Å². The maximum atomic E-state index is 14.9. The molecule has 1 atom stereocenters. The predicted octanol–water partition coefficient (Wildman–Crippen LogP) is 2.66. The first-order chi connectivity index (χ1) is 21.8. The van der Waals surface area contributed by atoms with E-state index in [9.17, 15) is 23.3 Å². The molecule has 0 radical (unpaired) electrons. The van der Waals surface area contributed by atoms with E-state index >= 15 is 0 Å². The van der Waals surface area contributed by atoms with Gasteiger partial charge in [0.25, 0.3) is 15.9 Å². The first-order valence-corrected chi connectivity index (χ1v) is 16.8. The van der Waals surface area contributed by atoms with Crippen LogP contribution in [-0.2, 0) is 25.0 Å². The third kappa shape index (κ3) is 5.45. The van der Waals surface area contributed by atoms with E-state index in [0.29, 0.717) is 19.1 Å². The van der Waals surface area contributed by atoms with Gasteiger partial charge in [-0.2, -0.15) is 5.26 Å². The highest BCUT2D eigenvalue weighted by Gasteiger charge is 2.58. The molecule has 1 unspecified atom stereocenters. The van der Waals surface area contributed by atoms with Crippen LogP contribution in [0.25, 0.3) is 0 Å². The van der Waals surface area contributed by atoms with Gasteiger partial charge in [-0.05, 0) is 61.7 Å². The SMILES string of the molecule is CCOc1ncccc1C1(CC(=O)N2CCC(N3CCNCC3)CC2)C(=O)N(S(=O)(=O)c2ccccc2)c2ccc(C#N)cc21. The second-order valence-corrected chi connectivity index (χ2v) is 13.3. The summed E-state index contributed by atoms with van der Waals surface area (Å²) < 4.78 is 35.0. The number of pyridine rings is 1. The van der Waals surface area contributed by atoms with E-state index in [1.807, 2.05) is 0 Å². The lowest BCUT2D eigenvalue weighted by Crippen LogP contribution is -2.53. The number of hydrogen-bond acceptors (Lipinski definition) is 9. The molecule has 234 valence electrons. The average molecular weight is 629 g/mol. The first kappa shape index (κ1) is 30.7. The lowest BCUT2D eigenvalue weighted by molar-refractivity contribution is -0.136. The van der Waals surface area contributed by atoms with Crippen LogP contribution in [0.15, 0.2) is 71.8 Å². The number of piperidine rings is 1. The number of fused-ring (bicyclic) bond motifs is 1. The van der Waals surface area contributed by atoms with Crippen LogP contribution in [0.4, 0.5) is 5.69 Å². The van der Waals surface area contributed by atoms with E-state index in [1.165, 1.54) is 36.5 Å². The molecule has 1 aromatic heterocycles. The summed E-state index contributed by atoms with van der Waals surface area (Å²) in [6, 6.07) is 18.0. The quantitative estimate of drug-likeness (QED) is 0.399. The van der Waals surface area contributed by atoms with E-state index in [0.717, 1.165) is 43.3 Å². The molecule has 3 aliphatic rings. The van der Waals surface area contributed by atoms with Crippen molar-refractivity contribution in [3.63, 3.8) is 0 Å². The van der Waals surface area contributed by atoms with Crippen molar-refractivity contribution in [1.29, 1.82) is 5.26 Å². The Bertz CT molecular complexity index is 1730. The zero-order valence-electron chi connectivity index (χ0n) is 25.2. The largest absolute Gasteiger partial charge is 0.478 e. The van der Waals surface area contributed by atoms with Gasteiger partial charge < -0.3 is 15.0 Å². The normalized spacial score (nSPS) is 20.9. The lowest BCUT2D eigenvalue weighted by Gasteiger charge is -2.41. The lowest BCUT2D eigenvalue weighted by atomic mass is 9.72. The van der Waals surface area contributed by atoms with E-state index < -0.39 is 21.3 Å². The fraction of sp³-hybridized carbons (Fsp3) is 0.394. The van der Waals surface area contributed by atoms with Crippen molar-refractivity contribution in [2.75, 3.05) is 50.2 Å². The molecule has 2 saturated heterocycles. The molecule has 3 aromatic rings. The maximum Gasteiger partial charge on any atom is 0.270 e. The van der Waals surface area contributed by atoms with Crippen molar-refractivity contribution < 1.29 is 22.7 Å². The molecule has 1 N–H and O–H groups in total. The fourth-order valence-corrected chi connectivity index (χ4v) is 8.32. The molecule has 4 heterocycles. The number of nitriles is 1. The highest BCUT2D eigenvalue weighted by molar-refractivity contribution is 7.93. The standard InChI is InChI=1S/C33H36N6O5S/c1-2-44-31-27(9-6-14-36-31)33(22-30(40)38-17-12-25(13-18-38)37-19-15-35-16-20-37)28-21-24(23-34)10-11-29(28)39(32(33)41)45(42,43)26-7-4-3-5-8-26/h3-11,14,21,25,35H,2,12-13,15-20,22H2,1H3. The Morgan fingerprint density at radius 3 is 2.47 bits per heavy atom.